The first-order valence-corrected chi connectivity index (χ1v) is 9.99. The Hall–Kier alpha value is -3.48. The standard InChI is InChI=1S/C23H24N4O3/c1-16(28)27-13-11-23(12-14-27,17-7-3-2-4-8-17)22(29)30-15-20-25-19-10-6-5-9-18(19)21(24)26-20/h2-10H,11-15H2,1H3,(H2,24,25,26). The molecule has 1 amide bonds. The van der Waals surface area contributed by atoms with Crippen LogP contribution < -0.4 is 5.73 Å². The number of aromatic nitrogens is 2. The summed E-state index contributed by atoms with van der Waals surface area (Å²) in [5, 5.41) is 0.768. The van der Waals surface area contributed by atoms with Gasteiger partial charge in [-0.25, -0.2) is 9.97 Å². The molecule has 1 saturated heterocycles. The second-order valence-corrected chi connectivity index (χ2v) is 7.57. The second-order valence-electron chi connectivity index (χ2n) is 7.57. The number of rotatable bonds is 4. The summed E-state index contributed by atoms with van der Waals surface area (Å²) in [5.74, 6) is 0.417. The highest BCUT2D eigenvalue weighted by molar-refractivity contribution is 5.88. The van der Waals surface area contributed by atoms with E-state index in [0.29, 0.717) is 43.1 Å². The maximum Gasteiger partial charge on any atom is 0.317 e. The molecule has 0 unspecified atom stereocenters. The van der Waals surface area contributed by atoms with Crippen LogP contribution >= 0.6 is 0 Å². The molecule has 30 heavy (non-hydrogen) atoms. The number of hydrogen-bond donors (Lipinski definition) is 1. The Labute approximate surface area is 174 Å². The number of esters is 1. The van der Waals surface area contributed by atoms with Crippen molar-refractivity contribution in [2.24, 2.45) is 0 Å². The van der Waals surface area contributed by atoms with Gasteiger partial charge in [0, 0.05) is 25.4 Å². The molecule has 1 aliphatic rings. The Morgan fingerprint density at radius 3 is 2.40 bits per heavy atom. The van der Waals surface area contributed by atoms with Gasteiger partial charge >= 0.3 is 5.97 Å². The summed E-state index contributed by atoms with van der Waals surface area (Å²) in [6.07, 6.45) is 1.02. The molecule has 0 spiro atoms. The number of nitrogens with zero attached hydrogens (tertiary/aromatic N) is 3. The Bertz CT molecular complexity index is 1080. The minimum Gasteiger partial charge on any atom is -0.457 e. The van der Waals surface area contributed by atoms with E-state index in [1.54, 1.807) is 11.8 Å². The lowest BCUT2D eigenvalue weighted by atomic mass is 9.72. The molecule has 2 aromatic carbocycles. The number of para-hydroxylation sites is 1. The molecule has 1 aromatic heterocycles. The molecule has 1 fully saturated rings. The Kier molecular flexibility index (Phi) is 5.35. The number of amides is 1. The molecule has 7 heteroatoms. The number of carbonyl (C=O) groups is 2. The minimum atomic E-state index is -0.796. The average Bonchev–Trinajstić information content (AvgIpc) is 2.78. The maximum absolute atomic E-state index is 13.3. The Balaban J connectivity index is 1.56. The lowest BCUT2D eigenvalue weighted by Gasteiger charge is -2.40. The van der Waals surface area contributed by atoms with E-state index >= 15 is 0 Å². The lowest BCUT2D eigenvalue weighted by molar-refractivity contribution is -0.155. The van der Waals surface area contributed by atoms with Crippen LogP contribution in [0.1, 0.15) is 31.2 Å². The van der Waals surface area contributed by atoms with E-state index in [1.165, 1.54) is 0 Å². The summed E-state index contributed by atoms with van der Waals surface area (Å²) in [4.78, 5) is 35.6. The molecular weight excluding hydrogens is 380 g/mol. The number of nitrogen functional groups attached to an aromatic ring is 1. The molecule has 2 heterocycles. The van der Waals surface area contributed by atoms with Crippen LogP contribution in [0.25, 0.3) is 10.9 Å². The number of benzene rings is 2. The van der Waals surface area contributed by atoms with Crippen LogP contribution in [-0.4, -0.2) is 39.8 Å². The van der Waals surface area contributed by atoms with Crippen LogP contribution in [0, 0.1) is 0 Å². The van der Waals surface area contributed by atoms with Crippen LogP contribution in [-0.2, 0) is 26.3 Å². The third-order valence-corrected chi connectivity index (χ3v) is 5.79. The third-order valence-electron chi connectivity index (χ3n) is 5.79. The van der Waals surface area contributed by atoms with Gasteiger partial charge in [-0.1, -0.05) is 42.5 Å². The number of anilines is 1. The van der Waals surface area contributed by atoms with Crippen molar-refractivity contribution in [1.82, 2.24) is 14.9 Å². The van der Waals surface area contributed by atoms with Gasteiger partial charge in [-0.15, -0.1) is 0 Å². The van der Waals surface area contributed by atoms with Crippen molar-refractivity contribution in [2.45, 2.75) is 31.8 Å². The normalized spacial score (nSPS) is 15.7. The van der Waals surface area contributed by atoms with Crippen molar-refractivity contribution in [3.63, 3.8) is 0 Å². The molecule has 0 aliphatic carbocycles. The van der Waals surface area contributed by atoms with Crippen molar-refractivity contribution in [3.8, 4) is 0 Å². The van der Waals surface area contributed by atoms with Gasteiger partial charge in [-0.05, 0) is 30.5 Å². The van der Waals surface area contributed by atoms with Crippen molar-refractivity contribution >= 4 is 28.6 Å². The maximum atomic E-state index is 13.3. The molecule has 154 valence electrons. The molecule has 0 saturated carbocycles. The molecule has 3 aromatic rings. The fraction of sp³-hybridized carbons (Fsp3) is 0.304. The van der Waals surface area contributed by atoms with Crippen LogP contribution in [0.15, 0.2) is 54.6 Å². The summed E-state index contributed by atoms with van der Waals surface area (Å²) < 4.78 is 5.70. The predicted octanol–water partition coefficient (Wildman–Crippen LogP) is 2.84. The van der Waals surface area contributed by atoms with E-state index in [9.17, 15) is 9.59 Å². The third kappa shape index (κ3) is 3.70. The first-order chi connectivity index (χ1) is 14.5. The Morgan fingerprint density at radius 1 is 1.03 bits per heavy atom. The summed E-state index contributed by atoms with van der Waals surface area (Å²) in [5.41, 5.74) is 6.85. The molecular formula is C23H24N4O3. The first-order valence-electron chi connectivity index (χ1n) is 9.99. The predicted molar refractivity (Wildman–Crippen MR) is 113 cm³/mol. The van der Waals surface area contributed by atoms with Gasteiger partial charge < -0.3 is 15.4 Å². The number of nitrogens with two attached hydrogens (primary N) is 1. The van der Waals surface area contributed by atoms with E-state index in [4.69, 9.17) is 10.5 Å². The second kappa shape index (κ2) is 8.10. The highest BCUT2D eigenvalue weighted by Gasteiger charge is 2.44. The van der Waals surface area contributed by atoms with Gasteiger partial charge in [-0.2, -0.15) is 0 Å². The first kappa shape index (κ1) is 19.8. The van der Waals surface area contributed by atoms with Crippen molar-refractivity contribution < 1.29 is 14.3 Å². The van der Waals surface area contributed by atoms with E-state index < -0.39 is 5.41 Å². The molecule has 0 atom stereocenters. The zero-order valence-corrected chi connectivity index (χ0v) is 16.9. The molecule has 0 radical (unpaired) electrons. The van der Waals surface area contributed by atoms with Gasteiger partial charge in [0.05, 0.1) is 10.9 Å². The fourth-order valence-corrected chi connectivity index (χ4v) is 4.06. The van der Waals surface area contributed by atoms with Crippen molar-refractivity contribution in [3.05, 3.63) is 66.0 Å². The molecule has 0 bridgehead atoms. The van der Waals surface area contributed by atoms with Gasteiger partial charge in [0.25, 0.3) is 0 Å². The van der Waals surface area contributed by atoms with E-state index in [1.807, 2.05) is 54.6 Å². The highest BCUT2D eigenvalue weighted by atomic mass is 16.5. The van der Waals surface area contributed by atoms with Crippen LogP contribution in [0.4, 0.5) is 5.82 Å². The zero-order chi connectivity index (χ0) is 21.1. The molecule has 1 aliphatic heterocycles. The topological polar surface area (TPSA) is 98.4 Å². The number of likely N-dealkylation sites (tertiary alicyclic amines) is 1. The highest BCUT2D eigenvalue weighted by Crippen LogP contribution is 2.37. The van der Waals surface area contributed by atoms with E-state index in [2.05, 4.69) is 9.97 Å². The number of piperidine rings is 1. The Morgan fingerprint density at radius 2 is 1.70 bits per heavy atom. The van der Waals surface area contributed by atoms with Crippen LogP contribution in [0.5, 0.6) is 0 Å². The number of hydrogen-bond acceptors (Lipinski definition) is 6. The van der Waals surface area contributed by atoms with E-state index in [0.717, 1.165) is 10.9 Å². The molecule has 4 rings (SSSR count). The largest absolute Gasteiger partial charge is 0.457 e. The average molecular weight is 404 g/mol. The molecule has 7 nitrogen and oxygen atoms in total. The fourth-order valence-electron chi connectivity index (χ4n) is 4.06. The number of carbonyl (C=O) groups excluding carboxylic acids is 2. The molecule has 2 N–H and O–H groups in total. The smallest absolute Gasteiger partial charge is 0.317 e. The summed E-state index contributed by atoms with van der Waals surface area (Å²) >= 11 is 0. The van der Waals surface area contributed by atoms with Crippen molar-refractivity contribution in [1.29, 1.82) is 0 Å². The number of ether oxygens (including phenoxy) is 1. The van der Waals surface area contributed by atoms with Gasteiger partial charge in [-0.3, -0.25) is 9.59 Å². The van der Waals surface area contributed by atoms with Gasteiger partial charge in [0.15, 0.2) is 12.4 Å². The van der Waals surface area contributed by atoms with Gasteiger partial charge in [0.1, 0.15) is 5.82 Å². The monoisotopic (exact) mass is 404 g/mol. The van der Waals surface area contributed by atoms with E-state index in [-0.39, 0.29) is 18.5 Å². The quantitative estimate of drug-likeness (QED) is 0.672. The van der Waals surface area contributed by atoms with Crippen LogP contribution in [0.3, 0.4) is 0 Å². The zero-order valence-electron chi connectivity index (χ0n) is 16.9. The summed E-state index contributed by atoms with van der Waals surface area (Å²) in [6, 6.07) is 17.1. The number of fused-ring (bicyclic) bond motifs is 1. The van der Waals surface area contributed by atoms with Crippen LogP contribution in [0.2, 0.25) is 0 Å². The minimum absolute atomic E-state index is 0.0186. The van der Waals surface area contributed by atoms with Gasteiger partial charge in [0.2, 0.25) is 5.91 Å². The SMILES string of the molecule is CC(=O)N1CCC(C(=O)OCc2nc(N)c3ccccc3n2)(c2ccccc2)CC1. The van der Waals surface area contributed by atoms with Crippen molar-refractivity contribution in [2.75, 3.05) is 18.8 Å². The summed E-state index contributed by atoms with van der Waals surface area (Å²) in [6.45, 7) is 2.52. The summed E-state index contributed by atoms with van der Waals surface area (Å²) in [7, 11) is 0. The lowest BCUT2D eigenvalue weighted by Crippen LogP contribution is -2.49.